The van der Waals surface area contributed by atoms with Crippen molar-refractivity contribution in [1.29, 1.82) is 0 Å². The van der Waals surface area contributed by atoms with Gasteiger partial charge in [0.25, 0.3) is 0 Å². The summed E-state index contributed by atoms with van der Waals surface area (Å²) in [7, 11) is 0. The van der Waals surface area contributed by atoms with Crippen LogP contribution in [0.5, 0.6) is 11.5 Å². The van der Waals surface area contributed by atoms with E-state index >= 15 is 0 Å². The second-order valence-corrected chi connectivity index (χ2v) is 4.39. The summed E-state index contributed by atoms with van der Waals surface area (Å²) >= 11 is 0. The monoisotopic (exact) mass is 272 g/mol. The molecule has 0 spiro atoms. The molecule has 0 heterocycles. The average Bonchev–Trinajstić information content (AvgIpc) is 2.47. The summed E-state index contributed by atoms with van der Waals surface area (Å²) in [6.07, 6.45) is 0. The van der Waals surface area contributed by atoms with Crippen molar-refractivity contribution in [1.82, 2.24) is 0 Å². The normalized spacial score (nSPS) is 11.4. The first-order chi connectivity index (χ1) is 9.63. The molecule has 0 bridgehead atoms. The number of aliphatic hydroxyl groups is 1. The third-order valence-corrected chi connectivity index (χ3v) is 2.85. The number of rotatable bonds is 4. The maximum Gasteiger partial charge on any atom is 0.173 e. The highest BCUT2D eigenvalue weighted by atomic mass is 16.5. The minimum atomic E-state index is -0.0138. The van der Waals surface area contributed by atoms with Crippen molar-refractivity contribution in [2.24, 2.45) is 10.9 Å². The molecule has 0 amide bonds. The van der Waals surface area contributed by atoms with Gasteiger partial charge in [-0.1, -0.05) is 23.4 Å². The van der Waals surface area contributed by atoms with Crippen molar-refractivity contribution in [2.75, 3.05) is 0 Å². The Morgan fingerprint density at radius 1 is 1.20 bits per heavy atom. The number of nitrogens with zero attached hydrogens (tertiary/aromatic N) is 1. The largest absolute Gasteiger partial charge is 0.457 e. The van der Waals surface area contributed by atoms with E-state index in [4.69, 9.17) is 20.8 Å². The zero-order chi connectivity index (χ0) is 14.5. The average molecular weight is 272 g/mol. The van der Waals surface area contributed by atoms with Gasteiger partial charge in [0.1, 0.15) is 11.5 Å². The number of nitrogens with two attached hydrogens (primary N) is 1. The Morgan fingerprint density at radius 2 is 1.90 bits per heavy atom. The van der Waals surface area contributed by atoms with Gasteiger partial charge in [-0.3, -0.25) is 0 Å². The fraction of sp³-hybridized carbons (Fsp3) is 0.133. The van der Waals surface area contributed by atoms with E-state index in [1.807, 2.05) is 19.1 Å². The van der Waals surface area contributed by atoms with Crippen molar-refractivity contribution in [3.8, 4) is 11.5 Å². The number of ether oxygens (including phenoxy) is 1. The van der Waals surface area contributed by atoms with Crippen molar-refractivity contribution in [3.63, 3.8) is 0 Å². The molecule has 0 saturated carbocycles. The summed E-state index contributed by atoms with van der Waals surface area (Å²) in [5, 5.41) is 20.8. The third-order valence-electron chi connectivity index (χ3n) is 2.85. The Bertz CT molecular complexity index is 622. The number of benzene rings is 2. The number of aryl methyl sites for hydroxylation is 1. The maximum absolute atomic E-state index is 9.00. The first-order valence-electron chi connectivity index (χ1n) is 6.10. The van der Waals surface area contributed by atoms with Crippen LogP contribution in [0.2, 0.25) is 0 Å². The van der Waals surface area contributed by atoms with Gasteiger partial charge in [0, 0.05) is 0 Å². The molecule has 4 N–H and O–H groups in total. The molecule has 0 radical (unpaired) electrons. The van der Waals surface area contributed by atoms with Gasteiger partial charge >= 0.3 is 0 Å². The van der Waals surface area contributed by atoms with Crippen LogP contribution < -0.4 is 10.5 Å². The van der Waals surface area contributed by atoms with Crippen LogP contribution in [0.1, 0.15) is 16.7 Å². The molecule has 2 aromatic carbocycles. The highest BCUT2D eigenvalue weighted by molar-refractivity contribution is 5.99. The van der Waals surface area contributed by atoms with Gasteiger partial charge < -0.3 is 20.8 Å². The summed E-state index contributed by atoms with van der Waals surface area (Å²) in [5.74, 6) is 1.11. The van der Waals surface area contributed by atoms with Gasteiger partial charge in [-0.2, -0.15) is 0 Å². The highest BCUT2D eigenvalue weighted by Gasteiger charge is 2.09. The van der Waals surface area contributed by atoms with Crippen LogP contribution in [0.4, 0.5) is 0 Å². The molecular weight excluding hydrogens is 256 g/mol. The smallest absolute Gasteiger partial charge is 0.173 e. The molecule has 0 atom stereocenters. The van der Waals surface area contributed by atoms with Crippen LogP contribution in [0.15, 0.2) is 47.6 Å². The van der Waals surface area contributed by atoms with Gasteiger partial charge in [-0.05, 0) is 42.3 Å². The maximum atomic E-state index is 9.00. The first kappa shape index (κ1) is 13.9. The Kier molecular flexibility index (Phi) is 4.22. The molecule has 0 aliphatic heterocycles. The Morgan fingerprint density at radius 3 is 2.50 bits per heavy atom. The zero-order valence-electron chi connectivity index (χ0n) is 11.1. The molecule has 0 aromatic heterocycles. The van der Waals surface area contributed by atoms with Gasteiger partial charge in [0.15, 0.2) is 5.84 Å². The van der Waals surface area contributed by atoms with E-state index in [0.717, 1.165) is 11.1 Å². The van der Waals surface area contributed by atoms with Crippen LogP contribution in [0.25, 0.3) is 0 Å². The molecule has 0 aliphatic carbocycles. The second-order valence-electron chi connectivity index (χ2n) is 4.39. The van der Waals surface area contributed by atoms with Crippen LogP contribution in [-0.2, 0) is 6.61 Å². The van der Waals surface area contributed by atoms with Gasteiger partial charge in [-0.25, -0.2) is 0 Å². The SMILES string of the molecule is Cc1ccc(C(N)=NO)c(Oc2ccc(CO)cc2)c1. The summed E-state index contributed by atoms with van der Waals surface area (Å²) in [4.78, 5) is 0. The Balaban J connectivity index is 2.33. The van der Waals surface area contributed by atoms with Crippen molar-refractivity contribution in [3.05, 3.63) is 59.2 Å². The summed E-state index contributed by atoms with van der Waals surface area (Å²) in [5.41, 5.74) is 7.95. The Hall–Kier alpha value is -2.53. The number of oxime groups is 1. The molecule has 5 nitrogen and oxygen atoms in total. The minimum absolute atomic E-state index is 0.00743. The van der Waals surface area contributed by atoms with E-state index in [0.29, 0.717) is 17.1 Å². The predicted octanol–water partition coefficient (Wildman–Crippen LogP) is 2.37. The Labute approximate surface area is 116 Å². The molecule has 104 valence electrons. The second kappa shape index (κ2) is 6.08. The molecule has 0 saturated heterocycles. The number of aliphatic hydroxyl groups excluding tert-OH is 1. The van der Waals surface area contributed by atoms with Crippen molar-refractivity contribution in [2.45, 2.75) is 13.5 Å². The number of hydrogen-bond donors (Lipinski definition) is 3. The van der Waals surface area contributed by atoms with Crippen molar-refractivity contribution < 1.29 is 15.1 Å². The topological polar surface area (TPSA) is 88.1 Å². The van der Waals surface area contributed by atoms with Crippen LogP contribution >= 0.6 is 0 Å². The molecule has 0 aliphatic rings. The minimum Gasteiger partial charge on any atom is -0.457 e. The highest BCUT2D eigenvalue weighted by Crippen LogP contribution is 2.26. The van der Waals surface area contributed by atoms with Crippen molar-refractivity contribution >= 4 is 5.84 Å². The molecular formula is C15H16N2O3. The van der Waals surface area contributed by atoms with E-state index < -0.39 is 0 Å². The van der Waals surface area contributed by atoms with E-state index in [1.165, 1.54) is 0 Å². The molecule has 0 fully saturated rings. The summed E-state index contributed by atoms with van der Waals surface area (Å²) in [6.45, 7) is 1.91. The van der Waals surface area contributed by atoms with E-state index in [-0.39, 0.29) is 12.4 Å². The molecule has 0 unspecified atom stereocenters. The van der Waals surface area contributed by atoms with Gasteiger partial charge in [-0.15, -0.1) is 0 Å². The van der Waals surface area contributed by atoms with Crippen LogP contribution in [0.3, 0.4) is 0 Å². The lowest BCUT2D eigenvalue weighted by Gasteiger charge is -2.11. The lowest BCUT2D eigenvalue weighted by Crippen LogP contribution is -2.14. The quantitative estimate of drug-likeness (QED) is 0.345. The standard InChI is InChI=1S/C15H16N2O3/c1-10-2-7-13(15(16)17-19)14(8-10)20-12-5-3-11(9-18)4-6-12/h2-8,18-19H,9H2,1H3,(H2,16,17). The fourth-order valence-electron chi connectivity index (χ4n) is 1.77. The summed E-state index contributed by atoms with van der Waals surface area (Å²) in [6, 6.07) is 12.5. The third kappa shape index (κ3) is 3.07. The molecule has 2 rings (SSSR count). The molecule has 5 heteroatoms. The molecule has 20 heavy (non-hydrogen) atoms. The number of hydrogen-bond acceptors (Lipinski definition) is 4. The van der Waals surface area contributed by atoms with Gasteiger partial charge in [0.2, 0.25) is 0 Å². The van der Waals surface area contributed by atoms with Gasteiger partial charge in [0.05, 0.1) is 12.2 Å². The summed E-state index contributed by atoms with van der Waals surface area (Å²) < 4.78 is 5.76. The predicted molar refractivity (Wildman–Crippen MR) is 76.1 cm³/mol. The zero-order valence-corrected chi connectivity index (χ0v) is 11.1. The van der Waals surface area contributed by atoms with E-state index in [1.54, 1.807) is 30.3 Å². The lowest BCUT2D eigenvalue weighted by molar-refractivity contribution is 0.281. The van der Waals surface area contributed by atoms with E-state index in [2.05, 4.69) is 5.16 Å². The fourth-order valence-corrected chi connectivity index (χ4v) is 1.77. The molecule has 2 aromatic rings. The van der Waals surface area contributed by atoms with Crippen LogP contribution in [0, 0.1) is 6.92 Å². The first-order valence-corrected chi connectivity index (χ1v) is 6.10. The van der Waals surface area contributed by atoms with Crippen LogP contribution in [-0.4, -0.2) is 16.1 Å². The number of amidine groups is 1. The van der Waals surface area contributed by atoms with E-state index in [9.17, 15) is 0 Å². The lowest BCUT2D eigenvalue weighted by atomic mass is 10.1.